The van der Waals surface area contributed by atoms with E-state index in [2.05, 4.69) is 40.0 Å². The van der Waals surface area contributed by atoms with Crippen molar-refractivity contribution in [3.8, 4) is 0 Å². The largest absolute Gasteiger partial charge is 0.363 e. The van der Waals surface area contributed by atoms with Gasteiger partial charge in [-0.3, -0.25) is 9.79 Å². The Bertz CT molecular complexity index is 581. The summed E-state index contributed by atoms with van der Waals surface area (Å²) < 4.78 is 0. The number of nitrogens with zero attached hydrogens (tertiary/aromatic N) is 3. The normalized spacial score (nSPS) is 19.3. The number of likely N-dealkylation sites (tertiary alicyclic amines) is 1. The van der Waals surface area contributed by atoms with Gasteiger partial charge in [0.25, 0.3) is 0 Å². The molecule has 0 spiro atoms. The molecule has 1 amide bonds. The predicted molar refractivity (Wildman–Crippen MR) is 109 cm³/mol. The van der Waals surface area contributed by atoms with Gasteiger partial charge in [-0.05, 0) is 50.1 Å². The second-order valence-electron chi connectivity index (χ2n) is 6.96. The number of guanidine groups is 1. The van der Waals surface area contributed by atoms with Gasteiger partial charge in [-0.1, -0.05) is 0 Å². The molecule has 1 aromatic heterocycles. The van der Waals surface area contributed by atoms with Crippen LogP contribution in [0.15, 0.2) is 22.5 Å². The predicted octanol–water partition coefficient (Wildman–Crippen LogP) is 2.28. The van der Waals surface area contributed by atoms with E-state index in [-0.39, 0.29) is 0 Å². The van der Waals surface area contributed by atoms with Crippen molar-refractivity contribution in [2.75, 3.05) is 44.2 Å². The number of thiophene rings is 1. The minimum absolute atomic E-state index is 0.302. The van der Waals surface area contributed by atoms with Crippen molar-refractivity contribution in [3.05, 3.63) is 17.5 Å². The van der Waals surface area contributed by atoms with Crippen molar-refractivity contribution in [1.82, 2.24) is 15.5 Å². The molecular weight excluding hydrogens is 346 g/mol. The average Bonchev–Trinajstić information content (AvgIpc) is 3.32. The van der Waals surface area contributed by atoms with Crippen LogP contribution in [0.25, 0.3) is 0 Å². The van der Waals surface area contributed by atoms with Crippen LogP contribution in [0.4, 0.5) is 5.00 Å². The van der Waals surface area contributed by atoms with Gasteiger partial charge in [0, 0.05) is 51.7 Å². The van der Waals surface area contributed by atoms with Crippen LogP contribution in [0, 0.1) is 0 Å². The molecule has 2 fully saturated rings. The molecule has 3 rings (SSSR count). The summed E-state index contributed by atoms with van der Waals surface area (Å²) >= 11 is 1.82. The number of carbonyl (C=O) groups is 1. The summed E-state index contributed by atoms with van der Waals surface area (Å²) in [5.41, 5.74) is 0. The van der Waals surface area contributed by atoms with Crippen molar-refractivity contribution in [3.63, 3.8) is 0 Å². The molecule has 144 valence electrons. The maximum absolute atomic E-state index is 11.6. The molecule has 7 heteroatoms. The van der Waals surface area contributed by atoms with E-state index in [0.29, 0.717) is 11.9 Å². The van der Waals surface area contributed by atoms with Crippen LogP contribution in [0.2, 0.25) is 0 Å². The summed E-state index contributed by atoms with van der Waals surface area (Å²) in [4.78, 5) is 20.8. The van der Waals surface area contributed by atoms with Crippen LogP contribution in [-0.2, 0) is 4.79 Å². The highest BCUT2D eigenvalue weighted by Crippen LogP contribution is 2.24. The standard InChI is InChI=1S/C19H31N5OS/c1-2-20-19(21-10-5-12-23-11-3-6-17(23)25)22-16-8-13-24(14-9-16)18-7-4-15-26-18/h4,7,15-16H,2-3,5-6,8-14H2,1H3,(H2,20,21,22). The second kappa shape index (κ2) is 9.80. The summed E-state index contributed by atoms with van der Waals surface area (Å²) in [7, 11) is 0. The summed E-state index contributed by atoms with van der Waals surface area (Å²) in [6, 6.07) is 4.80. The van der Waals surface area contributed by atoms with Crippen LogP contribution < -0.4 is 15.5 Å². The monoisotopic (exact) mass is 377 g/mol. The first-order valence-corrected chi connectivity index (χ1v) is 10.8. The first-order valence-electron chi connectivity index (χ1n) is 9.87. The van der Waals surface area contributed by atoms with Crippen LogP contribution >= 0.6 is 11.3 Å². The lowest BCUT2D eigenvalue weighted by atomic mass is 10.1. The van der Waals surface area contributed by atoms with E-state index >= 15 is 0 Å². The molecule has 3 heterocycles. The van der Waals surface area contributed by atoms with E-state index in [4.69, 9.17) is 4.99 Å². The lowest BCUT2D eigenvalue weighted by molar-refractivity contribution is -0.127. The Balaban J connectivity index is 1.40. The zero-order chi connectivity index (χ0) is 18.2. The fraction of sp³-hybridized carbons (Fsp3) is 0.684. The molecule has 0 aromatic carbocycles. The van der Waals surface area contributed by atoms with Gasteiger partial charge in [-0.25, -0.2) is 0 Å². The molecule has 0 aliphatic carbocycles. The Labute approximate surface area is 160 Å². The molecule has 6 nitrogen and oxygen atoms in total. The molecule has 0 radical (unpaired) electrons. The molecule has 2 saturated heterocycles. The third kappa shape index (κ3) is 5.37. The van der Waals surface area contributed by atoms with Gasteiger partial charge >= 0.3 is 0 Å². The van der Waals surface area contributed by atoms with Gasteiger partial charge in [0.2, 0.25) is 5.91 Å². The number of rotatable bonds is 7. The van der Waals surface area contributed by atoms with E-state index in [1.807, 2.05) is 16.2 Å². The van der Waals surface area contributed by atoms with Crippen molar-refractivity contribution in [2.45, 2.75) is 45.1 Å². The zero-order valence-corrected chi connectivity index (χ0v) is 16.6. The van der Waals surface area contributed by atoms with E-state index in [1.54, 1.807) is 0 Å². The molecule has 1 aromatic rings. The summed E-state index contributed by atoms with van der Waals surface area (Å²) in [5, 5.41) is 10.5. The third-order valence-corrected chi connectivity index (χ3v) is 5.95. The fourth-order valence-electron chi connectivity index (χ4n) is 3.60. The molecule has 26 heavy (non-hydrogen) atoms. The molecular formula is C19H31N5OS. The van der Waals surface area contributed by atoms with Gasteiger partial charge in [0.15, 0.2) is 5.96 Å². The van der Waals surface area contributed by atoms with Gasteiger partial charge < -0.3 is 20.4 Å². The van der Waals surface area contributed by atoms with Gasteiger partial charge in [-0.15, -0.1) is 11.3 Å². The van der Waals surface area contributed by atoms with Gasteiger partial charge in [0.05, 0.1) is 5.00 Å². The van der Waals surface area contributed by atoms with Crippen molar-refractivity contribution < 1.29 is 4.79 Å². The second-order valence-corrected chi connectivity index (χ2v) is 7.88. The highest BCUT2D eigenvalue weighted by molar-refractivity contribution is 7.14. The Morgan fingerprint density at radius 1 is 1.35 bits per heavy atom. The molecule has 2 N–H and O–H groups in total. The number of nitrogens with one attached hydrogen (secondary N) is 2. The maximum Gasteiger partial charge on any atom is 0.222 e. The molecule has 2 aliphatic rings. The number of anilines is 1. The summed E-state index contributed by atoms with van der Waals surface area (Å²) in [6.45, 7) is 7.66. The minimum atomic E-state index is 0.302. The topological polar surface area (TPSA) is 60.0 Å². The quantitative estimate of drug-likeness (QED) is 0.435. The summed E-state index contributed by atoms with van der Waals surface area (Å²) in [5.74, 6) is 1.21. The van der Waals surface area contributed by atoms with E-state index in [0.717, 1.165) is 77.3 Å². The number of aliphatic imine (C=N–C) groups is 1. The zero-order valence-electron chi connectivity index (χ0n) is 15.7. The van der Waals surface area contributed by atoms with Crippen molar-refractivity contribution in [2.24, 2.45) is 4.99 Å². The van der Waals surface area contributed by atoms with Gasteiger partial charge in [-0.2, -0.15) is 0 Å². The smallest absolute Gasteiger partial charge is 0.222 e. The average molecular weight is 378 g/mol. The van der Waals surface area contributed by atoms with Crippen molar-refractivity contribution in [1.29, 1.82) is 0 Å². The Kier molecular flexibility index (Phi) is 7.17. The van der Waals surface area contributed by atoms with Crippen LogP contribution in [0.1, 0.15) is 39.0 Å². The van der Waals surface area contributed by atoms with Crippen LogP contribution in [0.5, 0.6) is 0 Å². The highest BCUT2D eigenvalue weighted by atomic mass is 32.1. The lowest BCUT2D eigenvalue weighted by Crippen LogP contribution is -2.48. The summed E-state index contributed by atoms with van der Waals surface area (Å²) in [6.07, 6.45) is 4.92. The first kappa shape index (κ1) is 19.0. The Morgan fingerprint density at radius 3 is 2.85 bits per heavy atom. The lowest BCUT2D eigenvalue weighted by Gasteiger charge is -2.33. The number of piperidine rings is 1. The molecule has 2 aliphatic heterocycles. The Morgan fingerprint density at radius 2 is 2.19 bits per heavy atom. The van der Waals surface area contributed by atoms with Gasteiger partial charge in [0.1, 0.15) is 0 Å². The third-order valence-electron chi connectivity index (χ3n) is 5.03. The molecule has 0 unspecified atom stereocenters. The minimum Gasteiger partial charge on any atom is -0.363 e. The first-order chi connectivity index (χ1) is 12.8. The van der Waals surface area contributed by atoms with Crippen LogP contribution in [0.3, 0.4) is 0 Å². The van der Waals surface area contributed by atoms with E-state index in [1.165, 1.54) is 5.00 Å². The number of amides is 1. The number of carbonyl (C=O) groups excluding carboxylic acids is 1. The number of hydrogen-bond acceptors (Lipinski definition) is 4. The fourth-order valence-corrected chi connectivity index (χ4v) is 4.39. The molecule has 0 atom stereocenters. The maximum atomic E-state index is 11.6. The highest BCUT2D eigenvalue weighted by Gasteiger charge is 2.21. The Hall–Kier alpha value is -1.76. The molecule has 0 bridgehead atoms. The molecule has 0 saturated carbocycles. The SMILES string of the molecule is CCNC(=NCCCN1CCCC1=O)NC1CCN(c2cccs2)CC1. The van der Waals surface area contributed by atoms with Crippen LogP contribution in [-0.4, -0.2) is 62.1 Å². The van der Waals surface area contributed by atoms with E-state index in [9.17, 15) is 4.79 Å². The number of hydrogen-bond donors (Lipinski definition) is 2. The van der Waals surface area contributed by atoms with E-state index < -0.39 is 0 Å². The van der Waals surface area contributed by atoms with Crippen molar-refractivity contribution >= 4 is 28.2 Å².